The van der Waals surface area contributed by atoms with Gasteiger partial charge < -0.3 is 9.90 Å². The Morgan fingerprint density at radius 2 is 1.75 bits per heavy atom. The van der Waals surface area contributed by atoms with Crippen LogP contribution in [0.1, 0.15) is 0 Å². The van der Waals surface area contributed by atoms with Crippen molar-refractivity contribution in [2.24, 2.45) is 0 Å². The van der Waals surface area contributed by atoms with Crippen molar-refractivity contribution in [3.8, 4) is 0 Å². The number of carbonyl (C=O) groups excluding carboxylic acids is 1. The SMILES string of the molecule is O=C[O-].[Zr]. The van der Waals surface area contributed by atoms with Crippen molar-refractivity contribution in [3.63, 3.8) is 0 Å². The Kier molecular flexibility index (Phi) is 22.4. The van der Waals surface area contributed by atoms with E-state index in [9.17, 15) is 0 Å². The smallest absolute Gasteiger partial charge is 0.0275 e. The van der Waals surface area contributed by atoms with Gasteiger partial charge in [-0.1, -0.05) is 0 Å². The number of hydrogen-bond donors (Lipinski definition) is 0. The third kappa shape index (κ3) is 34.6. The van der Waals surface area contributed by atoms with Crippen molar-refractivity contribution in [3.05, 3.63) is 0 Å². The van der Waals surface area contributed by atoms with Crippen LogP contribution in [0.2, 0.25) is 0 Å². The van der Waals surface area contributed by atoms with E-state index < -0.39 is 6.47 Å². The van der Waals surface area contributed by atoms with Crippen LogP contribution in [0.4, 0.5) is 0 Å². The summed E-state index contributed by atoms with van der Waals surface area (Å²) < 4.78 is 0. The Hall–Kier alpha value is 0.353. The van der Waals surface area contributed by atoms with Crippen LogP contribution in [-0.4, -0.2) is 6.47 Å². The van der Waals surface area contributed by atoms with Gasteiger partial charge in [-0.15, -0.1) is 0 Å². The van der Waals surface area contributed by atoms with E-state index in [1.54, 1.807) is 0 Å². The summed E-state index contributed by atoms with van der Waals surface area (Å²) in [5.74, 6) is 0. The zero-order chi connectivity index (χ0) is 2.71. The van der Waals surface area contributed by atoms with Gasteiger partial charge in [0.15, 0.2) is 0 Å². The first-order chi connectivity index (χ1) is 1.41. The molecule has 0 N–H and O–H groups in total. The number of hydrogen-bond acceptors (Lipinski definition) is 2. The van der Waals surface area contributed by atoms with E-state index in [-0.39, 0.29) is 26.2 Å². The predicted molar refractivity (Wildman–Crippen MR) is 6.06 cm³/mol. The van der Waals surface area contributed by atoms with Crippen LogP contribution in [0.25, 0.3) is 0 Å². The summed E-state index contributed by atoms with van der Waals surface area (Å²) in [6.45, 7) is -0.500. The number of carbonyl (C=O) groups is 1. The molecular formula is CHO2Zr-. The predicted octanol–water partition coefficient (Wildman–Crippen LogP) is -1.64. The molecule has 0 unspecified atom stereocenters. The molecule has 0 heterocycles. The maximum atomic E-state index is 8.25. The molecule has 0 saturated carbocycles. The molecule has 0 aromatic carbocycles. The molecule has 4 heavy (non-hydrogen) atoms. The van der Waals surface area contributed by atoms with E-state index in [0.29, 0.717) is 0 Å². The summed E-state index contributed by atoms with van der Waals surface area (Å²) in [6.07, 6.45) is 0. The van der Waals surface area contributed by atoms with Crippen LogP contribution >= 0.6 is 0 Å². The van der Waals surface area contributed by atoms with E-state index in [2.05, 4.69) is 0 Å². The molecule has 0 rings (SSSR count). The van der Waals surface area contributed by atoms with Crippen molar-refractivity contribution in [1.82, 2.24) is 0 Å². The minimum Gasteiger partial charge on any atom is -0.554 e. The largest absolute Gasteiger partial charge is 0.554 e. The molecule has 0 aliphatic heterocycles. The molecule has 0 aromatic rings. The van der Waals surface area contributed by atoms with Crippen LogP contribution in [0.5, 0.6) is 0 Å². The Balaban J connectivity index is 0. The molecule has 0 bridgehead atoms. The standard InChI is InChI=1S/CH2O2.Zr/c2-1-3;/h1H,(H,2,3);/p-1. The normalized spacial score (nSPS) is 3.00. The molecule has 0 aliphatic carbocycles. The molecule has 0 amide bonds. The van der Waals surface area contributed by atoms with Crippen molar-refractivity contribution >= 4 is 6.47 Å². The third-order valence-electron chi connectivity index (χ3n) is 0. The quantitative estimate of drug-likeness (QED) is 0.375. The second-order valence-corrected chi connectivity index (χ2v) is 0.0962. The zero-order valence-electron chi connectivity index (χ0n) is 1.89. The molecule has 0 atom stereocenters. The van der Waals surface area contributed by atoms with Crippen LogP contribution < -0.4 is 5.11 Å². The fraction of sp³-hybridized carbons (Fsp3) is 0. The van der Waals surface area contributed by atoms with Gasteiger partial charge in [0, 0.05) is 32.7 Å². The average Bonchev–Trinajstić information content (AvgIpc) is 0.918. The first kappa shape index (κ1) is 8.84. The van der Waals surface area contributed by atoms with Gasteiger partial charge in [0.2, 0.25) is 0 Å². The molecule has 0 aliphatic rings. The molecule has 0 radical (unpaired) electrons. The molecule has 0 saturated heterocycles. The Morgan fingerprint density at radius 1 is 1.75 bits per heavy atom. The van der Waals surface area contributed by atoms with Crippen LogP contribution in [0.15, 0.2) is 0 Å². The molecule has 22 valence electrons. The van der Waals surface area contributed by atoms with Gasteiger partial charge >= 0.3 is 0 Å². The summed E-state index contributed by atoms with van der Waals surface area (Å²) in [5.41, 5.74) is 0. The van der Waals surface area contributed by atoms with Crippen molar-refractivity contribution < 1.29 is 36.1 Å². The van der Waals surface area contributed by atoms with Crippen molar-refractivity contribution in [2.75, 3.05) is 0 Å². The van der Waals surface area contributed by atoms with Crippen molar-refractivity contribution in [2.45, 2.75) is 0 Å². The summed E-state index contributed by atoms with van der Waals surface area (Å²) in [4.78, 5) is 8.25. The topological polar surface area (TPSA) is 40.1 Å². The van der Waals surface area contributed by atoms with E-state index >= 15 is 0 Å². The van der Waals surface area contributed by atoms with Crippen molar-refractivity contribution in [1.29, 1.82) is 0 Å². The van der Waals surface area contributed by atoms with E-state index in [1.807, 2.05) is 0 Å². The minimum absolute atomic E-state index is 0. The van der Waals surface area contributed by atoms with E-state index in [1.165, 1.54) is 0 Å². The monoisotopic (exact) mass is 135 g/mol. The fourth-order valence-electron chi connectivity index (χ4n) is 0. The number of carboxylic acid groups (broad SMARTS) is 1. The number of rotatable bonds is 0. The van der Waals surface area contributed by atoms with Crippen LogP contribution in [0.3, 0.4) is 0 Å². The van der Waals surface area contributed by atoms with Crippen LogP contribution in [0, 0.1) is 0 Å². The molecule has 0 spiro atoms. The van der Waals surface area contributed by atoms with Gasteiger partial charge in [0.25, 0.3) is 0 Å². The van der Waals surface area contributed by atoms with Gasteiger partial charge in [-0.25, -0.2) is 0 Å². The van der Waals surface area contributed by atoms with Gasteiger partial charge in [0.1, 0.15) is 0 Å². The molecule has 0 aromatic heterocycles. The second kappa shape index (κ2) is 10.1. The maximum Gasteiger partial charge on any atom is 0.0275 e. The Bertz CT molecular complexity index is 13.5. The molecule has 2 nitrogen and oxygen atoms in total. The summed E-state index contributed by atoms with van der Waals surface area (Å²) >= 11 is 0. The fourth-order valence-corrected chi connectivity index (χ4v) is 0. The summed E-state index contributed by atoms with van der Waals surface area (Å²) in [5, 5.41) is 8.25. The Morgan fingerprint density at radius 3 is 1.75 bits per heavy atom. The zero-order valence-corrected chi connectivity index (χ0v) is 4.35. The second-order valence-electron chi connectivity index (χ2n) is 0.0962. The average molecular weight is 136 g/mol. The Labute approximate surface area is 42.9 Å². The van der Waals surface area contributed by atoms with E-state index in [0.717, 1.165) is 0 Å². The van der Waals surface area contributed by atoms with Gasteiger partial charge in [-0.05, 0) is 0 Å². The molecule has 3 heteroatoms. The maximum absolute atomic E-state index is 8.25. The summed E-state index contributed by atoms with van der Waals surface area (Å²) in [7, 11) is 0. The minimum atomic E-state index is -0.500. The van der Waals surface area contributed by atoms with E-state index in [4.69, 9.17) is 9.90 Å². The van der Waals surface area contributed by atoms with Gasteiger partial charge in [-0.3, -0.25) is 0 Å². The molecular weight excluding hydrogens is 135 g/mol. The molecule has 0 fully saturated rings. The summed E-state index contributed by atoms with van der Waals surface area (Å²) in [6, 6.07) is 0. The third-order valence-corrected chi connectivity index (χ3v) is 0. The first-order valence-corrected chi connectivity index (χ1v) is 0.471. The van der Waals surface area contributed by atoms with Gasteiger partial charge in [0.05, 0.1) is 0 Å². The van der Waals surface area contributed by atoms with Gasteiger partial charge in [-0.2, -0.15) is 0 Å². The first-order valence-electron chi connectivity index (χ1n) is 0.471. The van der Waals surface area contributed by atoms with Crippen LogP contribution in [-0.2, 0) is 31.0 Å².